The number of aromatic nitrogens is 2. The highest BCUT2D eigenvalue weighted by Gasteiger charge is 2.34. The highest BCUT2D eigenvalue weighted by Crippen LogP contribution is 2.28. The van der Waals surface area contributed by atoms with E-state index in [9.17, 15) is 18.0 Å². The van der Waals surface area contributed by atoms with Gasteiger partial charge in [-0.1, -0.05) is 24.4 Å². The Morgan fingerprint density at radius 1 is 1.16 bits per heavy atom. The fourth-order valence-electron chi connectivity index (χ4n) is 3.78. The molecular weight excluding hydrogens is 443 g/mol. The van der Waals surface area contributed by atoms with Crippen molar-refractivity contribution in [1.82, 2.24) is 20.0 Å². The normalized spacial score (nSPS) is 15.4. The third kappa shape index (κ3) is 6.38. The predicted octanol–water partition coefficient (Wildman–Crippen LogP) is 4.67. The number of H-pyrrole nitrogens is 1. The minimum Gasteiger partial charge on any atom is -0.378 e. The van der Waals surface area contributed by atoms with Crippen LogP contribution >= 0.6 is 11.6 Å². The second-order valence-corrected chi connectivity index (χ2v) is 8.72. The quantitative estimate of drug-likeness (QED) is 0.637. The highest BCUT2D eigenvalue weighted by atomic mass is 35.5. The molecular formula is C22H29ClF3N5O. The Kier molecular flexibility index (Phi) is 8.05. The Balaban J connectivity index is 1.82. The number of nitrogens with zero attached hydrogens (tertiary/aromatic N) is 4. The van der Waals surface area contributed by atoms with Crippen molar-refractivity contribution in [2.24, 2.45) is 0 Å². The van der Waals surface area contributed by atoms with Crippen LogP contribution in [0.5, 0.6) is 0 Å². The van der Waals surface area contributed by atoms with Gasteiger partial charge in [0.1, 0.15) is 5.69 Å². The molecule has 1 aromatic carbocycles. The van der Waals surface area contributed by atoms with Gasteiger partial charge in [0, 0.05) is 50.5 Å². The van der Waals surface area contributed by atoms with Crippen LogP contribution in [0.25, 0.3) is 0 Å². The van der Waals surface area contributed by atoms with Crippen LogP contribution in [0.1, 0.15) is 47.4 Å². The summed E-state index contributed by atoms with van der Waals surface area (Å²) in [7, 11) is 3.80. The number of anilines is 1. The summed E-state index contributed by atoms with van der Waals surface area (Å²) < 4.78 is 39.0. The molecule has 1 saturated heterocycles. The van der Waals surface area contributed by atoms with Gasteiger partial charge < -0.3 is 14.7 Å². The maximum atomic E-state index is 13.2. The molecule has 1 aliphatic heterocycles. The van der Waals surface area contributed by atoms with Crippen molar-refractivity contribution < 1.29 is 18.0 Å². The number of hydrogen-bond donors (Lipinski definition) is 1. The lowest BCUT2D eigenvalue weighted by molar-refractivity contribution is -0.141. The Hall–Kier alpha value is -2.26. The lowest BCUT2D eigenvalue weighted by atomic mass is 10.1. The van der Waals surface area contributed by atoms with Gasteiger partial charge in [0.05, 0.1) is 0 Å². The summed E-state index contributed by atoms with van der Waals surface area (Å²) in [6.07, 6.45) is 0.0167. The molecule has 2 aromatic rings. The predicted molar refractivity (Wildman–Crippen MR) is 119 cm³/mol. The number of carbonyl (C=O) groups excluding carboxylic acids is 1. The van der Waals surface area contributed by atoms with Crippen molar-refractivity contribution in [3.8, 4) is 0 Å². The molecule has 0 saturated carbocycles. The van der Waals surface area contributed by atoms with E-state index in [1.165, 1.54) is 17.7 Å². The number of amides is 1. The van der Waals surface area contributed by atoms with Crippen molar-refractivity contribution in [3.63, 3.8) is 0 Å². The zero-order valence-corrected chi connectivity index (χ0v) is 19.1. The summed E-state index contributed by atoms with van der Waals surface area (Å²) >= 11 is 6.39. The summed E-state index contributed by atoms with van der Waals surface area (Å²) in [6, 6.07) is 6.29. The number of aromatic amines is 1. The molecule has 0 atom stereocenters. The van der Waals surface area contributed by atoms with E-state index in [4.69, 9.17) is 11.6 Å². The van der Waals surface area contributed by atoms with Crippen LogP contribution in [0.4, 0.5) is 18.9 Å². The Morgan fingerprint density at radius 2 is 1.84 bits per heavy atom. The largest absolute Gasteiger partial charge is 0.432 e. The fourth-order valence-corrected chi connectivity index (χ4v) is 3.96. The summed E-state index contributed by atoms with van der Waals surface area (Å²) in [6.45, 7) is 3.11. The Labute approximate surface area is 191 Å². The van der Waals surface area contributed by atoms with Gasteiger partial charge in [0.15, 0.2) is 5.69 Å². The molecule has 1 fully saturated rings. The first-order valence-electron chi connectivity index (χ1n) is 10.7. The lowest BCUT2D eigenvalue weighted by Crippen LogP contribution is -2.39. The molecule has 0 radical (unpaired) electrons. The molecule has 6 nitrogen and oxygen atoms in total. The number of nitrogens with one attached hydrogen (secondary N) is 1. The lowest BCUT2D eigenvalue weighted by Gasteiger charge is -2.27. The van der Waals surface area contributed by atoms with Crippen LogP contribution in [0.2, 0.25) is 5.02 Å². The molecule has 2 heterocycles. The molecule has 1 amide bonds. The van der Waals surface area contributed by atoms with Crippen LogP contribution in [0, 0.1) is 0 Å². The standard InChI is InChI=1S/C22H29ClF3N5O/c1-29(2)17-7-8-18(23)16(13-17)15-31(12-11-30-9-5-3-4-6-10-30)21(32)19-14-20(28-27-19)22(24,25)26/h7-8,13-14H,3-6,9-12,15H2,1-2H3,(H,27,28). The van der Waals surface area contributed by atoms with Crippen LogP contribution in [-0.4, -0.2) is 66.2 Å². The maximum absolute atomic E-state index is 13.2. The Bertz CT molecular complexity index is 907. The molecule has 1 aliphatic rings. The molecule has 10 heteroatoms. The molecule has 0 aliphatic carbocycles. The zero-order valence-electron chi connectivity index (χ0n) is 18.4. The van der Waals surface area contributed by atoms with Crippen LogP contribution < -0.4 is 4.90 Å². The van der Waals surface area contributed by atoms with Gasteiger partial charge in [0.25, 0.3) is 5.91 Å². The first-order chi connectivity index (χ1) is 15.1. The van der Waals surface area contributed by atoms with E-state index < -0.39 is 17.8 Å². The number of hydrogen-bond acceptors (Lipinski definition) is 4. The molecule has 0 unspecified atom stereocenters. The number of benzene rings is 1. The average molecular weight is 472 g/mol. The fraction of sp³-hybridized carbons (Fsp3) is 0.545. The third-order valence-electron chi connectivity index (χ3n) is 5.68. The maximum Gasteiger partial charge on any atom is 0.432 e. The number of rotatable bonds is 7. The molecule has 1 N–H and O–H groups in total. The van der Waals surface area contributed by atoms with Gasteiger partial charge in [-0.25, -0.2) is 0 Å². The van der Waals surface area contributed by atoms with Crippen molar-refractivity contribution in [3.05, 3.63) is 46.2 Å². The summed E-state index contributed by atoms with van der Waals surface area (Å²) in [5, 5.41) is 6.06. The number of likely N-dealkylation sites (tertiary alicyclic amines) is 1. The van der Waals surface area contributed by atoms with Gasteiger partial charge in [-0.3, -0.25) is 9.89 Å². The molecule has 32 heavy (non-hydrogen) atoms. The molecule has 0 spiro atoms. The molecule has 0 bridgehead atoms. The van der Waals surface area contributed by atoms with Crippen molar-refractivity contribution in [2.75, 3.05) is 45.2 Å². The SMILES string of the molecule is CN(C)c1ccc(Cl)c(CN(CCN2CCCCCC2)C(=O)c2cc(C(F)(F)F)[nH]n2)c1. The van der Waals surface area contributed by atoms with E-state index in [0.717, 1.165) is 43.2 Å². The van der Waals surface area contributed by atoms with E-state index in [-0.39, 0.29) is 12.2 Å². The van der Waals surface area contributed by atoms with Crippen molar-refractivity contribution in [2.45, 2.75) is 38.4 Å². The van der Waals surface area contributed by atoms with Crippen molar-refractivity contribution >= 4 is 23.2 Å². The van der Waals surface area contributed by atoms with E-state index in [1.54, 1.807) is 6.07 Å². The van der Waals surface area contributed by atoms with Gasteiger partial charge in [0.2, 0.25) is 0 Å². The zero-order chi connectivity index (χ0) is 23.3. The van der Waals surface area contributed by atoms with Gasteiger partial charge in [-0.15, -0.1) is 0 Å². The topological polar surface area (TPSA) is 55.5 Å². The molecule has 176 valence electrons. The summed E-state index contributed by atoms with van der Waals surface area (Å²) in [5.41, 5.74) is 0.353. The summed E-state index contributed by atoms with van der Waals surface area (Å²) in [4.78, 5) is 18.9. The minimum atomic E-state index is -4.59. The number of alkyl halides is 3. The van der Waals surface area contributed by atoms with E-state index >= 15 is 0 Å². The van der Waals surface area contributed by atoms with Crippen LogP contribution in [-0.2, 0) is 12.7 Å². The molecule has 1 aromatic heterocycles. The minimum absolute atomic E-state index is 0.182. The van der Waals surface area contributed by atoms with Crippen LogP contribution in [0.15, 0.2) is 24.3 Å². The van der Waals surface area contributed by atoms with Gasteiger partial charge >= 0.3 is 6.18 Å². The second kappa shape index (κ2) is 10.6. The van der Waals surface area contributed by atoms with E-state index in [2.05, 4.69) is 10.00 Å². The Morgan fingerprint density at radius 3 is 2.44 bits per heavy atom. The summed E-state index contributed by atoms with van der Waals surface area (Å²) in [5.74, 6) is -0.558. The van der Waals surface area contributed by atoms with Crippen LogP contribution in [0.3, 0.4) is 0 Å². The number of carbonyl (C=O) groups is 1. The highest BCUT2D eigenvalue weighted by molar-refractivity contribution is 6.31. The van der Waals surface area contributed by atoms with Gasteiger partial charge in [-0.2, -0.15) is 18.3 Å². The smallest absolute Gasteiger partial charge is 0.378 e. The van der Waals surface area contributed by atoms with Gasteiger partial charge in [-0.05, 0) is 49.7 Å². The number of halogens is 4. The monoisotopic (exact) mass is 471 g/mol. The second-order valence-electron chi connectivity index (χ2n) is 8.32. The third-order valence-corrected chi connectivity index (χ3v) is 6.05. The average Bonchev–Trinajstić information content (AvgIpc) is 3.10. The van der Waals surface area contributed by atoms with E-state index in [0.29, 0.717) is 18.1 Å². The van der Waals surface area contributed by atoms with Crippen molar-refractivity contribution in [1.29, 1.82) is 0 Å². The first-order valence-corrected chi connectivity index (χ1v) is 11.1. The molecule has 3 rings (SSSR count). The first kappa shape index (κ1) is 24.4. The van der Waals surface area contributed by atoms with E-state index in [1.807, 2.05) is 36.2 Å².